The molecular weight excluding hydrogens is 136 g/mol. The minimum absolute atomic E-state index is 0.207. The van der Waals surface area contributed by atoms with Gasteiger partial charge in [0.05, 0.1) is 0 Å². The molecule has 0 saturated carbocycles. The van der Waals surface area contributed by atoms with Gasteiger partial charge in [0.1, 0.15) is 0 Å². The lowest BCUT2D eigenvalue weighted by Crippen LogP contribution is -2.29. The molecule has 0 heterocycles. The van der Waals surface area contributed by atoms with Gasteiger partial charge >= 0.3 is 0 Å². The van der Waals surface area contributed by atoms with Crippen LogP contribution >= 0.6 is 0 Å². The summed E-state index contributed by atoms with van der Waals surface area (Å²) in [6, 6.07) is 0.207. The van der Waals surface area contributed by atoms with Crippen LogP contribution in [0.15, 0.2) is 12.7 Å². The van der Waals surface area contributed by atoms with E-state index >= 15 is 0 Å². The number of hydrogen-bond acceptors (Lipinski definition) is 2. The lowest BCUT2D eigenvalue weighted by molar-refractivity contribution is 0.559. The highest BCUT2D eigenvalue weighted by Crippen LogP contribution is 2.04. The standard InChI is InChI=1S/C9H20N2/c1-2-3-4-5-6-7-9(11)8-10/h2,9H,1,3-8,10-11H2. The van der Waals surface area contributed by atoms with Gasteiger partial charge in [0.25, 0.3) is 0 Å². The largest absolute Gasteiger partial charge is 0.329 e. The molecule has 0 bridgehead atoms. The molecule has 0 aromatic carbocycles. The first-order valence-electron chi connectivity index (χ1n) is 4.37. The van der Waals surface area contributed by atoms with Gasteiger partial charge in [-0.25, -0.2) is 0 Å². The van der Waals surface area contributed by atoms with Crippen LogP contribution in [0.2, 0.25) is 0 Å². The Bertz CT molecular complexity index is 91.6. The van der Waals surface area contributed by atoms with Crippen molar-refractivity contribution in [3.8, 4) is 0 Å². The van der Waals surface area contributed by atoms with Crippen LogP contribution in [0.5, 0.6) is 0 Å². The van der Waals surface area contributed by atoms with E-state index in [9.17, 15) is 0 Å². The summed E-state index contributed by atoms with van der Waals surface area (Å²) in [7, 11) is 0. The Morgan fingerprint density at radius 3 is 2.55 bits per heavy atom. The number of nitrogens with two attached hydrogens (primary N) is 2. The summed E-state index contributed by atoms with van der Waals surface area (Å²) >= 11 is 0. The third-order valence-corrected chi connectivity index (χ3v) is 1.79. The fourth-order valence-corrected chi connectivity index (χ4v) is 0.990. The molecule has 0 saturated heterocycles. The predicted octanol–water partition coefficient (Wildman–Crippen LogP) is 1.41. The maximum atomic E-state index is 5.64. The second-order valence-corrected chi connectivity index (χ2v) is 2.92. The summed E-state index contributed by atoms with van der Waals surface area (Å²) < 4.78 is 0. The molecule has 0 amide bonds. The molecule has 2 nitrogen and oxygen atoms in total. The highest BCUT2D eigenvalue weighted by Gasteiger charge is 1.97. The van der Waals surface area contributed by atoms with Crippen LogP contribution in [0.4, 0.5) is 0 Å². The normalized spacial score (nSPS) is 12.9. The maximum Gasteiger partial charge on any atom is 0.0163 e. The Labute approximate surface area is 69.6 Å². The summed E-state index contributed by atoms with van der Waals surface area (Å²) in [6.45, 7) is 4.28. The van der Waals surface area contributed by atoms with Gasteiger partial charge in [0.2, 0.25) is 0 Å². The van der Waals surface area contributed by atoms with E-state index in [1.54, 1.807) is 0 Å². The number of rotatable bonds is 7. The Morgan fingerprint density at radius 1 is 1.27 bits per heavy atom. The van der Waals surface area contributed by atoms with Gasteiger partial charge in [0.15, 0.2) is 0 Å². The summed E-state index contributed by atoms with van der Waals surface area (Å²) in [4.78, 5) is 0. The third kappa shape index (κ3) is 7.56. The van der Waals surface area contributed by atoms with Crippen LogP contribution < -0.4 is 11.5 Å². The van der Waals surface area contributed by atoms with Crippen LogP contribution in [0.3, 0.4) is 0 Å². The van der Waals surface area contributed by atoms with Crippen LogP contribution in [-0.2, 0) is 0 Å². The molecule has 0 radical (unpaired) electrons. The first-order chi connectivity index (χ1) is 5.31. The van der Waals surface area contributed by atoms with E-state index in [0.717, 1.165) is 12.8 Å². The van der Waals surface area contributed by atoms with Gasteiger partial charge in [-0.1, -0.05) is 18.9 Å². The van der Waals surface area contributed by atoms with E-state index in [1.165, 1.54) is 19.3 Å². The van der Waals surface area contributed by atoms with Crippen molar-refractivity contribution >= 4 is 0 Å². The number of allylic oxidation sites excluding steroid dienone is 1. The predicted molar refractivity (Wildman–Crippen MR) is 50.3 cm³/mol. The molecule has 0 spiro atoms. The van der Waals surface area contributed by atoms with E-state index in [0.29, 0.717) is 6.54 Å². The maximum absolute atomic E-state index is 5.64. The Hall–Kier alpha value is -0.340. The SMILES string of the molecule is C=CCCCCCC(N)CN. The van der Waals surface area contributed by atoms with Crippen molar-refractivity contribution in [2.75, 3.05) is 6.54 Å². The lowest BCUT2D eigenvalue weighted by Gasteiger charge is -2.06. The van der Waals surface area contributed by atoms with Crippen molar-refractivity contribution in [1.82, 2.24) is 0 Å². The van der Waals surface area contributed by atoms with E-state index in [-0.39, 0.29) is 6.04 Å². The average molecular weight is 156 g/mol. The first kappa shape index (κ1) is 10.7. The zero-order chi connectivity index (χ0) is 8.53. The fraction of sp³-hybridized carbons (Fsp3) is 0.778. The molecule has 0 fully saturated rings. The number of unbranched alkanes of at least 4 members (excludes halogenated alkanes) is 3. The van der Waals surface area contributed by atoms with Gasteiger partial charge in [-0.2, -0.15) is 0 Å². The lowest BCUT2D eigenvalue weighted by atomic mass is 10.1. The smallest absolute Gasteiger partial charge is 0.0163 e. The molecular formula is C9H20N2. The molecule has 66 valence electrons. The molecule has 0 aromatic heterocycles. The quantitative estimate of drug-likeness (QED) is 0.432. The zero-order valence-electron chi connectivity index (χ0n) is 7.26. The van der Waals surface area contributed by atoms with Crippen molar-refractivity contribution in [3.05, 3.63) is 12.7 Å². The molecule has 0 aliphatic carbocycles. The van der Waals surface area contributed by atoms with E-state index in [1.807, 2.05) is 6.08 Å². The zero-order valence-corrected chi connectivity index (χ0v) is 7.26. The van der Waals surface area contributed by atoms with Crippen molar-refractivity contribution in [2.24, 2.45) is 11.5 Å². The van der Waals surface area contributed by atoms with Crippen molar-refractivity contribution in [3.63, 3.8) is 0 Å². The van der Waals surface area contributed by atoms with Crippen molar-refractivity contribution in [2.45, 2.75) is 38.1 Å². The molecule has 0 aromatic rings. The highest BCUT2D eigenvalue weighted by molar-refractivity contribution is 4.66. The van der Waals surface area contributed by atoms with E-state index in [2.05, 4.69) is 6.58 Å². The van der Waals surface area contributed by atoms with Crippen LogP contribution in [0.25, 0.3) is 0 Å². The van der Waals surface area contributed by atoms with Gasteiger partial charge < -0.3 is 11.5 Å². The molecule has 1 unspecified atom stereocenters. The van der Waals surface area contributed by atoms with Gasteiger partial charge in [-0.05, 0) is 19.3 Å². The molecule has 0 aliphatic heterocycles. The monoisotopic (exact) mass is 156 g/mol. The molecule has 1 atom stereocenters. The summed E-state index contributed by atoms with van der Waals surface area (Å²) in [5, 5.41) is 0. The van der Waals surface area contributed by atoms with Gasteiger partial charge in [-0.15, -0.1) is 6.58 Å². The summed E-state index contributed by atoms with van der Waals surface area (Å²) in [5.74, 6) is 0. The second kappa shape index (κ2) is 7.76. The average Bonchev–Trinajstić information content (AvgIpc) is 2.04. The minimum Gasteiger partial charge on any atom is -0.329 e. The molecule has 11 heavy (non-hydrogen) atoms. The minimum atomic E-state index is 0.207. The Balaban J connectivity index is 2.95. The highest BCUT2D eigenvalue weighted by atomic mass is 14.7. The molecule has 2 heteroatoms. The van der Waals surface area contributed by atoms with Gasteiger partial charge in [0, 0.05) is 12.6 Å². The van der Waals surface area contributed by atoms with Crippen molar-refractivity contribution < 1.29 is 0 Å². The third-order valence-electron chi connectivity index (χ3n) is 1.79. The van der Waals surface area contributed by atoms with E-state index < -0.39 is 0 Å². The topological polar surface area (TPSA) is 52.0 Å². The second-order valence-electron chi connectivity index (χ2n) is 2.92. The summed E-state index contributed by atoms with van der Waals surface area (Å²) in [5.41, 5.74) is 11.0. The first-order valence-corrected chi connectivity index (χ1v) is 4.37. The molecule has 0 aliphatic rings. The van der Waals surface area contributed by atoms with Gasteiger partial charge in [-0.3, -0.25) is 0 Å². The fourth-order valence-electron chi connectivity index (χ4n) is 0.990. The van der Waals surface area contributed by atoms with Crippen LogP contribution in [-0.4, -0.2) is 12.6 Å². The van der Waals surface area contributed by atoms with Crippen LogP contribution in [0.1, 0.15) is 32.1 Å². The Kier molecular flexibility index (Phi) is 7.52. The molecule has 4 N–H and O–H groups in total. The molecule has 0 rings (SSSR count). The van der Waals surface area contributed by atoms with Crippen molar-refractivity contribution in [1.29, 1.82) is 0 Å². The Morgan fingerprint density at radius 2 is 2.00 bits per heavy atom. The summed E-state index contributed by atoms with van der Waals surface area (Å²) in [6.07, 6.45) is 7.83. The van der Waals surface area contributed by atoms with Crippen LogP contribution in [0, 0.1) is 0 Å². The number of hydrogen-bond donors (Lipinski definition) is 2. The van der Waals surface area contributed by atoms with E-state index in [4.69, 9.17) is 11.5 Å².